The van der Waals surface area contributed by atoms with E-state index in [1.807, 2.05) is 6.92 Å². The van der Waals surface area contributed by atoms with Gasteiger partial charge in [-0.15, -0.1) is 0 Å². The molecule has 1 N–H and O–H groups in total. The van der Waals surface area contributed by atoms with Crippen molar-refractivity contribution in [2.24, 2.45) is 0 Å². The largest absolute Gasteiger partial charge is 0.491 e. The van der Waals surface area contributed by atoms with Crippen LogP contribution < -0.4 is 19.5 Å². The average Bonchev–Trinajstić information content (AvgIpc) is 2.61. The fraction of sp³-hybridized carbons (Fsp3) is 0.211. The number of halogens is 3. The minimum absolute atomic E-state index is 0.00914. The van der Waals surface area contributed by atoms with Crippen molar-refractivity contribution in [1.29, 1.82) is 0 Å². The number of hydrogen-bond acceptors (Lipinski definition) is 4. The molecule has 0 radical (unpaired) electrons. The summed E-state index contributed by atoms with van der Waals surface area (Å²) in [5.74, 6) is 0.505. The highest BCUT2D eigenvalue weighted by Crippen LogP contribution is 2.36. The zero-order valence-corrected chi connectivity index (χ0v) is 15.4. The first-order chi connectivity index (χ1) is 12.9. The maximum absolute atomic E-state index is 12.1. The Kier molecular flexibility index (Phi) is 7.43. The van der Waals surface area contributed by atoms with E-state index in [9.17, 15) is 13.6 Å². The summed E-state index contributed by atoms with van der Waals surface area (Å²) in [6.45, 7) is -0.627. The second kappa shape index (κ2) is 9.78. The van der Waals surface area contributed by atoms with Crippen molar-refractivity contribution in [3.05, 3.63) is 53.1 Å². The summed E-state index contributed by atoms with van der Waals surface area (Å²) in [7, 11) is 1.49. The van der Waals surface area contributed by atoms with Gasteiger partial charge < -0.3 is 19.5 Å². The van der Waals surface area contributed by atoms with Gasteiger partial charge in [0.1, 0.15) is 5.75 Å². The summed E-state index contributed by atoms with van der Waals surface area (Å²) < 4.78 is 39.2. The van der Waals surface area contributed by atoms with Gasteiger partial charge in [0.2, 0.25) is 5.91 Å². The highest BCUT2D eigenvalue weighted by molar-refractivity contribution is 6.32. The van der Waals surface area contributed by atoms with Gasteiger partial charge in [0.15, 0.2) is 11.5 Å². The first-order valence-electron chi connectivity index (χ1n) is 7.97. The minimum atomic E-state index is -2.90. The molecule has 2 rings (SSSR count). The van der Waals surface area contributed by atoms with Crippen molar-refractivity contribution in [3.63, 3.8) is 0 Å². The first-order valence-corrected chi connectivity index (χ1v) is 8.35. The Morgan fingerprint density at radius 2 is 1.96 bits per heavy atom. The Hall–Kier alpha value is -2.80. The van der Waals surface area contributed by atoms with Gasteiger partial charge in [-0.2, -0.15) is 8.78 Å². The number of amides is 1. The van der Waals surface area contributed by atoms with E-state index in [0.29, 0.717) is 34.4 Å². The van der Waals surface area contributed by atoms with Gasteiger partial charge in [0.25, 0.3) is 0 Å². The van der Waals surface area contributed by atoms with Crippen molar-refractivity contribution in [2.75, 3.05) is 19.0 Å². The van der Waals surface area contributed by atoms with Gasteiger partial charge in [-0.25, -0.2) is 0 Å². The molecule has 0 unspecified atom stereocenters. The second-order valence-electron chi connectivity index (χ2n) is 5.19. The number of hydrogen-bond donors (Lipinski definition) is 1. The maximum atomic E-state index is 12.1. The Labute approximate surface area is 160 Å². The molecule has 0 saturated carbocycles. The average molecular weight is 398 g/mol. The fourth-order valence-electron chi connectivity index (χ4n) is 2.22. The lowest BCUT2D eigenvalue weighted by Gasteiger charge is -2.11. The summed E-state index contributed by atoms with van der Waals surface area (Å²) in [5, 5.41) is 2.97. The molecule has 144 valence electrons. The van der Waals surface area contributed by atoms with Crippen LogP contribution in [0.15, 0.2) is 42.5 Å². The predicted octanol–water partition coefficient (Wildman–Crippen LogP) is 5.00. The molecule has 0 aliphatic heterocycles. The van der Waals surface area contributed by atoms with Gasteiger partial charge in [-0.3, -0.25) is 4.79 Å². The Balaban J connectivity index is 2.05. The molecule has 0 aliphatic rings. The standard InChI is InChI=1S/C19H18ClF2NO4/c1-3-26-16-11-12(10-15(20)18(16)25-2)4-9-17(24)23-13-5-7-14(8-6-13)27-19(21)22/h4-11,19H,3H2,1-2H3,(H,23,24)/b9-4+. The van der Waals surface area contributed by atoms with Crippen LogP contribution in [0.25, 0.3) is 6.08 Å². The number of ether oxygens (including phenoxy) is 3. The second-order valence-corrected chi connectivity index (χ2v) is 5.60. The molecule has 0 fully saturated rings. The van der Waals surface area contributed by atoms with Crippen molar-refractivity contribution >= 4 is 29.3 Å². The zero-order chi connectivity index (χ0) is 19.8. The lowest BCUT2D eigenvalue weighted by molar-refractivity contribution is -0.111. The van der Waals surface area contributed by atoms with Gasteiger partial charge >= 0.3 is 6.61 Å². The topological polar surface area (TPSA) is 56.8 Å². The quantitative estimate of drug-likeness (QED) is 0.637. The lowest BCUT2D eigenvalue weighted by Crippen LogP contribution is -2.08. The van der Waals surface area contributed by atoms with Crippen LogP contribution in [0.2, 0.25) is 5.02 Å². The Morgan fingerprint density at radius 3 is 2.56 bits per heavy atom. The molecule has 1 amide bonds. The van der Waals surface area contributed by atoms with Gasteiger partial charge in [-0.1, -0.05) is 11.6 Å². The van der Waals surface area contributed by atoms with E-state index < -0.39 is 12.5 Å². The summed E-state index contributed by atoms with van der Waals surface area (Å²) in [5.41, 5.74) is 1.09. The van der Waals surface area contributed by atoms with E-state index in [0.717, 1.165) is 0 Å². The zero-order valence-electron chi connectivity index (χ0n) is 14.7. The third kappa shape index (κ3) is 6.14. The molecule has 0 spiro atoms. The number of rotatable bonds is 8. The first kappa shape index (κ1) is 20.5. The molecular weight excluding hydrogens is 380 g/mol. The maximum Gasteiger partial charge on any atom is 0.387 e. The van der Waals surface area contributed by atoms with Crippen LogP contribution in [-0.4, -0.2) is 26.2 Å². The summed E-state index contributed by atoms with van der Waals surface area (Å²) in [4.78, 5) is 12.0. The molecule has 2 aromatic rings. The highest BCUT2D eigenvalue weighted by Gasteiger charge is 2.10. The van der Waals surface area contributed by atoms with Crippen LogP contribution in [0.1, 0.15) is 12.5 Å². The smallest absolute Gasteiger partial charge is 0.387 e. The summed E-state index contributed by atoms with van der Waals surface area (Å²) in [6.07, 6.45) is 2.88. The molecule has 5 nitrogen and oxygen atoms in total. The molecule has 2 aromatic carbocycles. The Bertz CT molecular complexity index is 810. The fourth-order valence-corrected chi connectivity index (χ4v) is 2.52. The summed E-state index contributed by atoms with van der Waals surface area (Å²) in [6, 6.07) is 8.94. The number of benzene rings is 2. The highest BCUT2D eigenvalue weighted by atomic mass is 35.5. The van der Waals surface area contributed by atoms with Gasteiger partial charge in [-0.05, 0) is 55.0 Å². The van der Waals surface area contributed by atoms with E-state index >= 15 is 0 Å². The van der Waals surface area contributed by atoms with Crippen LogP contribution in [0.5, 0.6) is 17.2 Å². The van der Waals surface area contributed by atoms with Gasteiger partial charge in [0.05, 0.1) is 18.7 Å². The third-order valence-corrected chi connectivity index (χ3v) is 3.59. The molecule has 0 aliphatic carbocycles. The molecule has 0 saturated heterocycles. The number of alkyl halides is 2. The monoisotopic (exact) mass is 397 g/mol. The molecule has 0 bridgehead atoms. The number of carbonyl (C=O) groups is 1. The molecule has 27 heavy (non-hydrogen) atoms. The normalized spacial score (nSPS) is 10.9. The number of methoxy groups -OCH3 is 1. The van der Waals surface area contributed by atoms with Gasteiger partial charge in [0, 0.05) is 11.8 Å². The van der Waals surface area contributed by atoms with Crippen LogP contribution >= 0.6 is 11.6 Å². The van der Waals surface area contributed by atoms with Crippen molar-refractivity contribution in [3.8, 4) is 17.2 Å². The lowest BCUT2D eigenvalue weighted by atomic mass is 10.2. The van der Waals surface area contributed by atoms with E-state index in [2.05, 4.69) is 10.1 Å². The van der Waals surface area contributed by atoms with E-state index in [1.165, 1.54) is 37.5 Å². The van der Waals surface area contributed by atoms with Crippen LogP contribution in [-0.2, 0) is 4.79 Å². The van der Waals surface area contributed by atoms with Crippen LogP contribution in [0.4, 0.5) is 14.5 Å². The number of carbonyl (C=O) groups excluding carboxylic acids is 1. The van der Waals surface area contributed by atoms with Crippen molar-refractivity contribution in [1.82, 2.24) is 0 Å². The predicted molar refractivity (Wildman–Crippen MR) is 99.9 cm³/mol. The molecule has 8 heteroatoms. The van der Waals surface area contributed by atoms with E-state index in [1.54, 1.807) is 18.2 Å². The van der Waals surface area contributed by atoms with E-state index in [4.69, 9.17) is 21.1 Å². The SMILES string of the molecule is CCOc1cc(/C=C/C(=O)Nc2ccc(OC(F)F)cc2)cc(Cl)c1OC. The molecule has 0 atom stereocenters. The summed E-state index contributed by atoms with van der Waals surface area (Å²) >= 11 is 6.16. The number of anilines is 1. The molecular formula is C19H18ClF2NO4. The third-order valence-electron chi connectivity index (χ3n) is 3.31. The molecule has 0 heterocycles. The van der Waals surface area contributed by atoms with E-state index in [-0.39, 0.29) is 5.75 Å². The Morgan fingerprint density at radius 1 is 1.26 bits per heavy atom. The molecule has 0 aromatic heterocycles. The van der Waals surface area contributed by atoms with Crippen molar-refractivity contribution in [2.45, 2.75) is 13.5 Å². The van der Waals surface area contributed by atoms with Crippen LogP contribution in [0, 0.1) is 0 Å². The van der Waals surface area contributed by atoms with Crippen molar-refractivity contribution < 1.29 is 27.8 Å². The minimum Gasteiger partial charge on any atom is -0.491 e. The van der Waals surface area contributed by atoms with Crippen LogP contribution in [0.3, 0.4) is 0 Å². The number of nitrogens with one attached hydrogen (secondary N) is 1.